The lowest BCUT2D eigenvalue weighted by Crippen LogP contribution is -2.11. The Labute approximate surface area is 77.1 Å². The fourth-order valence-electron chi connectivity index (χ4n) is 1.06. The molecule has 0 aromatic heterocycles. The van der Waals surface area contributed by atoms with Crippen molar-refractivity contribution in [2.45, 2.75) is 13.3 Å². The van der Waals surface area contributed by atoms with Crippen molar-refractivity contribution in [2.75, 3.05) is 0 Å². The van der Waals surface area contributed by atoms with Crippen LogP contribution in [0, 0.1) is 5.41 Å². The van der Waals surface area contributed by atoms with E-state index in [1.165, 1.54) is 0 Å². The van der Waals surface area contributed by atoms with E-state index in [1.807, 2.05) is 6.92 Å². The van der Waals surface area contributed by atoms with Crippen LogP contribution in [0.1, 0.15) is 29.3 Å². The minimum absolute atomic E-state index is 0.00856. The monoisotopic (exact) mass is 176 g/mol. The highest BCUT2D eigenvalue weighted by Crippen LogP contribution is 2.06. The van der Waals surface area contributed by atoms with Crippen LogP contribution in [0.15, 0.2) is 24.3 Å². The van der Waals surface area contributed by atoms with Crippen molar-refractivity contribution in [3.8, 4) is 0 Å². The number of benzene rings is 1. The van der Waals surface area contributed by atoms with Gasteiger partial charge in [-0.15, -0.1) is 0 Å². The highest BCUT2D eigenvalue weighted by Gasteiger charge is 2.04. The van der Waals surface area contributed by atoms with Crippen LogP contribution in [-0.4, -0.2) is 11.6 Å². The zero-order chi connectivity index (χ0) is 9.84. The summed E-state index contributed by atoms with van der Waals surface area (Å²) in [5, 5.41) is 7.20. The maximum absolute atomic E-state index is 11.3. The van der Waals surface area contributed by atoms with E-state index in [-0.39, 0.29) is 11.6 Å². The van der Waals surface area contributed by atoms with Crippen molar-refractivity contribution >= 4 is 11.6 Å². The molecule has 68 valence electrons. The SMILES string of the molecule is CCC(=O)c1cccc(C(=N)N)c1. The Hall–Kier alpha value is -1.64. The van der Waals surface area contributed by atoms with Crippen LogP contribution in [0.3, 0.4) is 0 Å². The van der Waals surface area contributed by atoms with Crippen LogP contribution in [0.2, 0.25) is 0 Å². The first kappa shape index (κ1) is 9.45. The zero-order valence-corrected chi connectivity index (χ0v) is 7.50. The second kappa shape index (κ2) is 3.85. The predicted octanol–water partition coefficient (Wildman–Crippen LogP) is 1.56. The molecule has 1 aromatic rings. The molecule has 0 aliphatic carbocycles. The first-order valence-electron chi connectivity index (χ1n) is 4.12. The van der Waals surface area contributed by atoms with Crippen molar-refractivity contribution in [3.63, 3.8) is 0 Å². The van der Waals surface area contributed by atoms with Gasteiger partial charge in [-0.05, 0) is 6.07 Å². The van der Waals surface area contributed by atoms with Gasteiger partial charge in [-0.3, -0.25) is 10.2 Å². The number of ketones is 1. The highest BCUT2D eigenvalue weighted by molar-refractivity contribution is 6.00. The van der Waals surface area contributed by atoms with Crippen molar-refractivity contribution < 1.29 is 4.79 Å². The molecule has 0 saturated heterocycles. The summed E-state index contributed by atoms with van der Waals surface area (Å²) in [7, 11) is 0. The average Bonchev–Trinajstić information content (AvgIpc) is 2.17. The largest absolute Gasteiger partial charge is 0.384 e. The van der Waals surface area contributed by atoms with Gasteiger partial charge in [0.2, 0.25) is 0 Å². The van der Waals surface area contributed by atoms with E-state index < -0.39 is 0 Å². The zero-order valence-electron chi connectivity index (χ0n) is 7.50. The fraction of sp³-hybridized carbons (Fsp3) is 0.200. The quantitative estimate of drug-likeness (QED) is 0.417. The minimum Gasteiger partial charge on any atom is -0.384 e. The lowest BCUT2D eigenvalue weighted by Gasteiger charge is -2.01. The summed E-state index contributed by atoms with van der Waals surface area (Å²) in [6, 6.07) is 6.83. The van der Waals surface area contributed by atoms with Gasteiger partial charge in [0.1, 0.15) is 5.84 Å². The number of nitrogens with one attached hydrogen (secondary N) is 1. The third kappa shape index (κ3) is 2.15. The van der Waals surface area contributed by atoms with Crippen LogP contribution >= 0.6 is 0 Å². The molecule has 3 N–H and O–H groups in total. The molecule has 1 aromatic carbocycles. The number of nitrogen functional groups attached to an aromatic ring is 1. The maximum Gasteiger partial charge on any atom is 0.162 e. The molecule has 0 atom stereocenters. The number of carbonyl (C=O) groups is 1. The molecule has 0 heterocycles. The van der Waals surface area contributed by atoms with E-state index in [0.29, 0.717) is 17.5 Å². The van der Waals surface area contributed by atoms with E-state index in [9.17, 15) is 4.79 Å². The number of hydrogen-bond acceptors (Lipinski definition) is 2. The fourth-order valence-corrected chi connectivity index (χ4v) is 1.06. The summed E-state index contributed by atoms with van der Waals surface area (Å²) in [5.74, 6) is 0.0638. The van der Waals surface area contributed by atoms with Gasteiger partial charge < -0.3 is 5.73 Å². The molecule has 0 radical (unpaired) electrons. The molecule has 13 heavy (non-hydrogen) atoms. The van der Waals surface area contributed by atoms with E-state index >= 15 is 0 Å². The number of amidine groups is 1. The third-order valence-electron chi connectivity index (χ3n) is 1.82. The molecular weight excluding hydrogens is 164 g/mol. The number of hydrogen-bond donors (Lipinski definition) is 2. The molecular formula is C10H12N2O. The minimum atomic E-state index is -0.00856. The molecule has 0 amide bonds. The molecule has 0 saturated carbocycles. The van der Waals surface area contributed by atoms with Crippen molar-refractivity contribution in [1.82, 2.24) is 0 Å². The summed E-state index contributed by atoms with van der Waals surface area (Å²) in [6.45, 7) is 1.81. The number of carbonyl (C=O) groups excluding carboxylic acids is 1. The summed E-state index contributed by atoms with van der Waals surface area (Å²) in [5.41, 5.74) is 6.51. The van der Waals surface area contributed by atoms with Crippen molar-refractivity contribution in [1.29, 1.82) is 5.41 Å². The van der Waals surface area contributed by atoms with Gasteiger partial charge in [0, 0.05) is 17.5 Å². The van der Waals surface area contributed by atoms with E-state index in [4.69, 9.17) is 11.1 Å². The molecule has 0 fully saturated rings. The second-order valence-electron chi connectivity index (χ2n) is 2.77. The molecule has 1 rings (SSSR count). The Bertz CT molecular complexity index is 345. The first-order chi connectivity index (χ1) is 6.15. The van der Waals surface area contributed by atoms with Crippen LogP contribution < -0.4 is 5.73 Å². The van der Waals surface area contributed by atoms with E-state index in [0.717, 1.165) is 0 Å². The molecule has 0 aliphatic heterocycles. The summed E-state index contributed by atoms with van der Waals surface area (Å²) in [6.07, 6.45) is 0.474. The molecule has 3 heteroatoms. The summed E-state index contributed by atoms with van der Waals surface area (Å²) in [4.78, 5) is 11.3. The van der Waals surface area contributed by atoms with Crippen LogP contribution in [0.4, 0.5) is 0 Å². The number of rotatable bonds is 3. The molecule has 0 unspecified atom stereocenters. The topological polar surface area (TPSA) is 66.9 Å². The standard InChI is InChI=1S/C10H12N2O/c1-2-9(13)7-4-3-5-8(6-7)10(11)12/h3-6H,2H2,1H3,(H3,11,12). The van der Waals surface area contributed by atoms with Gasteiger partial charge in [-0.1, -0.05) is 25.1 Å². The Morgan fingerprint density at radius 3 is 2.62 bits per heavy atom. The normalized spacial score (nSPS) is 9.62. The van der Waals surface area contributed by atoms with Gasteiger partial charge in [0.05, 0.1) is 0 Å². The Morgan fingerprint density at radius 2 is 2.08 bits per heavy atom. The van der Waals surface area contributed by atoms with Crippen LogP contribution in [-0.2, 0) is 0 Å². The first-order valence-corrected chi connectivity index (χ1v) is 4.12. The van der Waals surface area contributed by atoms with Crippen LogP contribution in [0.5, 0.6) is 0 Å². The smallest absolute Gasteiger partial charge is 0.162 e. The van der Waals surface area contributed by atoms with Crippen molar-refractivity contribution in [3.05, 3.63) is 35.4 Å². The number of nitrogens with two attached hydrogens (primary N) is 1. The Balaban J connectivity index is 3.05. The maximum atomic E-state index is 11.3. The summed E-state index contributed by atoms with van der Waals surface area (Å²) < 4.78 is 0. The van der Waals surface area contributed by atoms with Gasteiger partial charge in [-0.25, -0.2) is 0 Å². The predicted molar refractivity (Wildman–Crippen MR) is 52.1 cm³/mol. The van der Waals surface area contributed by atoms with E-state index in [2.05, 4.69) is 0 Å². The Kier molecular flexibility index (Phi) is 2.80. The third-order valence-corrected chi connectivity index (χ3v) is 1.82. The van der Waals surface area contributed by atoms with E-state index in [1.54, 1.807) is 24.3 Å². The molecule has 0 spiro atoms. The lowest BCUT2D eigenvalue weighted by atomic mass is 10.1. The average molecular weight is 176 g/mol. The van der Waals surface area contributed by atoms with Crippen LogP contribution in [0.25, 0.3) is 0 Å². The van der Waals surface area contributed by atoms with Gasteiger partial charge in [0.25, 0.3) is 0 Å². The van der Waals surface area contributed by atoms with Gasteiger partial charge >= 0.3 is 0 Å². The molecule has 0 aliphatic rings. The highest BCUT2D eigenvalue weighted by atomic mass is 16.1. The Morgan fingerprint density at radius 1 is 1.46 bits per heavy atom. The molecule has 3 nitrogen and oxygen atoms in total. The van der Waals surface area contributed by atoms with Gasteiger partial charge in [-0.2, -0.15) is 0 Å². The second-order valence-corrected chi connectivity index (χ2v) is 2.77. The summed E-state index contributed by atoms with van der Waals surface area (Å²) >= 11 is 0. The lowest BCUT2D eigenvalue weighted by molar-refractivity contribution is 0.0988. The number of Topliss-reactive ketones (excluding diaryl/α,β-unsaturated/α-hetero) is 1. The molecule has 0 bridgehead atoms. The van der Waals surface area contributed by atoms with Crippen molar-refractivity contribution in [2.24, 2.45) is 5.73 Å². The van der Waals surface area contributed by atoms with Gasteiger partial charge in [0.15, 0.2) is 5.78 Å².